The number of anilines is 2. The van der Waals surface area contributed by atoms with E-state index in [1.807, 2.05) is 11.5 Å². The molecule has 0 saturated carbocycles. The lowest BCUT2D eigenvalue weighted by molar-refractivity contribution is -0.274. The molecule has 0 aliphatic heterocycles. The van der Waals surface area contributed by atoms with Gasteiger partial charge in [-0.3, -0.25) is 4.79 Å². The minimum Gasteiger partial charge on any atom is -0.469 e. The average Bonchev–Trinajstić information content (AvgIpc) is 3.14. The van der Waals surface area contributed by atoms with Gasteiger partial charge in [-0.25, -0.2) is 9.37 Å². The number of benzene rings is 2. The summed E-state index contributed by atoms with van der Waals surface area (Å²) in [6.07, 6.45) is -2.53. The maximum atomic E-state index is 15.0. The van der Waals surface area contributed by atoms with Gasteiger partial charge in [0.25, 0.3) is 0 Å². The largest absolute Gasteiger partial charge is 0.573 e. The minimum atomic E-state index is -4.78. The molecule has 0 radical (unpaired) electrons. The highest BCUT2D eigenvalue weighted by atomic mass is 19.4. The molecule has 3 rings (SSSR count). The molecule has 0 aliphatic rings. The van der Waals surface area contributed by atoms with Crippen molar-refractivity contribution in [1.82, 2.24) is 9.55 Å². The molecule has 0 saturated heterocycles. The van der Waals surface area contributed by atoms with Crippen LogP contribution in [0.25, 0.3) is 11.0 Å². The highest BCUT2D eigenvalue weighted by Gasteiger charge is 2.31. The fourth-order valence-corrected chi connectivity index (χ4v) is 4.05. The highest BCUT2D eigenvalue weighted by molar-refractivity contribution is 5.82. The predicted octanol–water partition coefficient (Wildman–Crippen LogP) is 7.31. The molecule has 196 valence electrons. The summed E-state index contributed by atoms with van der Waals surface area (Å²) in [5.41, 5.74) is 1.71. The quantitative estimate of drug-likeness (QED) is 0.229. The predicted molar refractivity (Wildman–Crippen MR) is 130 cm³/mol. The van der Waals surface area contributed by atoms with Crippen LogP contribution in [0.3, 0.4) is 0 Å². The molecule has 36 heavy (non-hydrogen) atoms. The first-order valence-corrected chi connectivity index (χ1v) is 11.8. The average molecular weight is 510 g/mol. The summed E-state index contributed by atoms with van der Waals surface area (Å²) in [4.78, 5) is 16.4. The van der Waals surface area contributed by atoms with Gasteiger partial charge in [0.15, 0.2) is 0 Å². The van der Waals surface area contributed by atoms with Crippen LogP contribution in [0, 0.1) is 11.2 Å². The molecule has 0 spiro atoms. The Bertz CT molecular complexity index is 1200. The lowest BCUT2D eigenvalue weighted by Gasteiger charge is -2.30. The zero-order valence-corrected chi connectivity index (χ0v) is 21.0. The van der Waals surface area contributed by atoms with Crippen molar-refractivity contribution < 1.29 is 31.8 Å². The number of alkyl halides is 3. The Morgan fingerprint density at radius 2 is 1.81 bits per heavy atom. The van der Waals surface area contributed by atoms with Crippen LogP contribution in [-0.4, -0.2) is 29.0 Å². The molecule has 0 bridgehead atoms. The van der Waals surface area contributed by atoms with E-state index in [1.165, 1.54) is 43.5 Å². The van der Waals surface area contributed by atoms with Crippen molar-refractivity contribution in [1.29, 1.82) is 0 Å². The van der Waals surface area contributed by atoms with Crippen LogP contribution < -0.4 is 10.1 Å². The third-order valence-electron chi connectivity index (χ3n) is 6.35. The molecule has 6 nitrogen and oxygen atoms in total. The minimum absolute atomic E-state index is 0.00842. The van der Waals surface area contributed by atoms with Gasteiger partial charge in [-0.1, -0.05) is 34.1 Å². The highest BCUT2D eigenvalue weighted by Crippen LogP contribution is 2.38. The van der Waals surface area contributed by atoms with Gasteiger partial charge in [-0.15, -0.1) is 13.2 Å². The summed E-state index contributed by atoms with van der Waals surface area (Å²) in [5.74, 6) is -1.03. The molecule has 1 atom stereocenters. The fraction of sp³-hybridized carbons (Fsp3) is 0.462. The summed E-state index contributed by atoms with van der Waals surface area (Å²) in [5, 5.41) is 3.16. The standard InChI is InChI=1S/C26H31F4N3O3/c1-6-18(15-25(3,4)7-2)33-22-14-20(27)16(13-23(34)35-5)12-21(22)32-24(33)31-17-8-10-19(11-9-17)36-26(28,29)30/h8-12,14,18H,6-7,13,15H2,1-5H3,(H,31,32). The van der Waals surface area contributed by atoms with Crippen molar-refractivity contribution in [3.63, 3.8) is 0 Å². The number of halogens is 4. The molecule has 0 aliphatic carbocycles. The van der Waals surface area contributed by atoms with E-state index in [4.69, 9.17) is 0 Å². The molecule has 0 fully saturated rings. The van der Waals surface area contributed by atoms with E-state index in [0.717, 1.165) is 19.3 Å². The lowest BCUT2D eigenvalue weighted by Crippen LogP contribution is -2.20. The van der Waals surface area contributed by atoms with E-state index in [9.17, 15) is 18.0 Å². The molecule has 1 heterocycles. The number of fused-ring (bicyclic) bond motifs is 1. The van der Waals surface area contributed by atoms with Crippen LogP contribution in [0.1, 0.15) is 58.6 Å². The van der Waals surface area contributed by atoms with E-state index in [2.05, 4.69) is 40.5 Å². The second-order valence-electron chi connectivity index (χ2n) is 9.47. The fourth-order valence-electron chi connectivity index (χ4n) is 4.05. The number of hydrogen-bond donors (Lipinski definition) is 1. The summed E-state index contributed by atoms with van der Waals surface area (Å²) in [6.45, 7) is 8.48. The molecule has 0 amide bonds. The van der Waals surface area contributed by atoms with Crippen LogP contribution >= 0.6 is 0 Å². The SMILES string of the molecule is CCC(CC(C)(C)CC)n1c(Nc2ccc(OC(F)(F)F)cc2)nc2cc(CC(=O)OC)c(F)cc21. The van der Waals surface area contributed by atoms with E-state index >= 15 is 4.39 Å². The maximum absolute atomic E-state index is 15.0. The number of carbonyl (C=O) groups is 1. The number of esters is 1. The summed E-state index contributed by atoms with van der Waals surface area (Å²) >= 11 is 0. The number of ether oxygens (including phenoxy) is 2. The second-order valence-corrected chi connectivity index (χ2v) is 9.47. The van der Waals surface area contributed by atoms with Crippen molar-refractivity contribution in [2.45, 2.75) is 65.8 Å². The zero-order valence-electron chi connectivity index (χ0n) is 21.0. The monoisotopic (exact) mass is 509 g/mol. The Morgan fingerprint density at radius 3 is 2.36 bits per heavy atom. The Hall–Kier alpha value is -3.30. The topological polar surface area (TPSA) is 65.4 Å². The van der Waals surface area contributed by atoms with Crippen molar-refractivity contribution in [2.24, 2.45) is 5.41 Å². The van der Waals surface area contributed by atoms with E-state index in [-0.39, 0.29) is 29.2 Å². The van der Waals surface area contributed by atoms with Crippen LogP contribution in [0.4, 0.5) is 29.2 Å². The van der Waals surface area contributed by atoms with Gasteiger partial charge in [0, 0.05) is 23.4 Å². The van der Waals surface area contributed by atoms with Crippen LogP contribution in [0.5, 0.6) is 5.75 Å². The van der Waals surface area contributed by atoms with Crippen molar-refractivity contribution in [3.8, 4) is 5.75 Å². The van der Waals surface area contributed by atoms with Crippen LogP contribution in [0.15, 0.2) is 36.4 Å². The number of hydrogen-bond acceptors (Lipinski definition) is 5. The number of imidazole rings is 1. The molecule has 1 unspecified atom stereocenters. The van der Waals surface area contributed by atoms with Gasteiger partial charge in [0.05, 0.1) is 24.6 Å². The summed E-state index contributed by atoms with van der Waals surface area (Å²) in [6, 6.07) is 8.17. The van der Waals surface area contributed by atoms with Crippen molar-refractivity contribution >= 4 is 28.6 Å². The molecular weight excluding hydrogens is 478 g/mol. The Labute approximate surface area is 207 Å². The molecule has 10 heteroatoms. The maximum Gasteiger partial charge on any atom is 0.573 e. The third kappa shape index (κ3) is 6.67. The zero-order chi connectivity index (χ0) is 26.7. The van der Waals surface area contributed by atoms with Gasteiger partial charge >= 0.3 is 12.3 Å². The number of carbonyl (C=O) groups excluding carboxylic acids is 1. The van der Waals surface area contributed by atoms with Gasteiger partial charge < -0.3 is 19.4 Å². The number of methoxy groups -OCH3 is 1. The Kier molecular flexibility index (Phi) is 8.15. The number of nitrogens with one attached hydrogen (secondary N) is 1. The normalized spacial score (nSPS) is 13.0. The number of nitrogens with zero attached hydrogens (tertiary/aromatic N) is 2. The Morgan fingerprint density at radius 1 is 1.14 bits per heavy atom. The van der Waals surface area contributed by atoms with E-state index in [0.29, 0.717) is 22.7 Å². The van der Waals surface area contributed by atoms with E-state index in [1.54, 1.807) is 0 Å². The van der Waals surface area contributed by atoms with Crippen LogP contribution in [0.2, 0.25) is 0 Å². The molecule has 3 aromatic rings. The molecule has 2 aromatic carbocycles. The van der Waals surface area contributed by atoms with Gasteiger partial charge in [0.1, 0.15) is 11.6 Å². The van der Waals surface area contributed by atoms with Gasteiger partial charge in [-0.05, 0) is 48.6 Å². The van der Waals surface area contributed by atoms with Gasteiger partial charge in [0.2, 0.25) is 5.95 Å². The summed E-state index contributed by atoms with van der Waals surface area (Å²) in [7, 11) is 1.24. The smallest absolute Gasteiger partial charge is 0.469 e. The Balaban J connectivity index is 2.07. The first kappa shape index (κ1) is 27.3. The molecule has 1 aromatic heterocycles. The molecular formula is C26H31F4N3O3. The van der Waals surface area contributed by atoms with Gasteiger partial charge in [-0.2, -0.15) is 0 Å². The van der Waals surface area contributed by atoms with Crippen LogP contribution in [-0.2, 0) is 16.0 Å². The first-order valence-electron chi connectivity index (χ1n) is 11.8. The lowest BCUT2D eigenvalue weighted by atomic mass is 9.82. The summed E-state index contributed by atoms with van der Waals surface area (Å²) < 4.78 is 63.1. The first-order chi connectivity index (χ1) is 16.9. The van der Waals surface area contributed by atoms with Crippen molar-refractivity contribution in [3.05, 3.63) is 47.8 Å². The second kappa shape index (κ2) is 10.8. The molecule has 1 N–H and O–H groups in total. The third-order valence-corrected chi connectivity index (χ3v) is 6.35. The van der Waals surface area contributed by atoms with E-state index < -0.39 is 18.1 Å². The number of rotatable bonds is 10. The number of aromatic nitrogens is 2. The van der Waals surface area contributed by atoms with Crippen molar-refractivity contribution in [2.75, 3.05) is 12.4 Å².